The monoisotopic (exact) mass is 754 g/mol. The summed E-state index contributed by atoms with van der Waals surface area (Å²) in [6, 6.07) is 16.9. The number of benzene rings is 4. The van der Waals surface area contributed by atoms with Crippen LogP contribution in [-0.4, -0.2) is 60.4 Å². The van der Waals surface area contributed by atoms with E-state index in [0.717, 1.165) is 0 Å². The average Bonchev–Trinajstić information content (AvgIpc) is 3.75. The molecule has 8 nitrogen and oxygen atoms in total. The molecule has 0 atom stereocenters. The molecule has 4 aromatic carbocycles. The first-order valence-electron chi connectivity index (χ1n) is 16.3. The number of rotatable bonds is 11. The van der Waals surface area contributed by atoms with Gasteiger partial charge in [0.25, 0.3) is 0 Å². The molecule has 0 N–H and O–H groups in total. The first kappa shape index (κ1) is 36.4. The van der Waals surface area contributed by atoms with Crippen molar-refractivity contribution < 1.29 is 63.6 Å². The lowest BCUT2D eigenvalue weighted by molar-refractivity contribution is -0.254. The fourth-order valence-corrected chi connectivity index (χ4v) is 6.85. The van der Waals surface area contributed by atoms with Gasteiger partial charge in [-0.1, -0.05) is 6.07 Å². The van der Waals surface area contributed by atoms with E-state index in [-0.39, 0.29) is 68.4 Å². The van der Waals surface area contributed by atoms with Crippen LogP contribution in [0.25, 0.3) is 44.4 Å². The standard InChI is InChI=1S/C40H32F6O8/c1-47-22-9-11-24-28(18-22)53-32(16-20-7-13-26(49-3)30(15-20)51-5)33(24)35-36(39(43,44)40(45,46)38(35,41)42)34-25-12-10-23(48-2)19-29(25)54-37(34)21-8-14-27(50-4)31(17-21)52-6/h7-15,17-19H,16H2,1-6H3. The van der Waals surface area contributed by atoms with E-state index >= 15 is 26.3 Å². The molecule has 7 rings (SSSR count). The quantitative estimate of drug-likeness (QED) is 0.121. The fourth-order valence-electron chi connectivity index (χ4n) is 6.85. The van der Waals surface area contributed by atoms with E-state index in [2.05, 4.69) is 0 Å². The minimum absolute atomic E-state index is 0.0475. The number of methoxy groups -OCH3 is 6. The van der Waals surface area contributed by atoms with E-state index in [4.69, 9.17) is 37.3 Å². The molecule has 0 saturated carbocycles. The minimum atomic E-state index is -5.91. The van der Waals surface area contributed by atoms with Crippen molar-refractivity contribution in [3.63, 3.8) is 0 Å². The highest BCUT2D eigenvalue weighted by Gasteiger charge is 2.81. The normalized spacial score (nSPS) is 15.9. The van der Waals surface area contributed by atoms with Crippen molar-refractivity contribution in [3.05, 3.63) is 95.2 Å². The number of furan rings is 2. The minimum Gasteiger partial charge on any atom is -0.497 e. The molecule has 0 unspecified atom stereocenters. The smallest absolute Gasteiger partial charge is 0.380 e. The molecule has 2 aromatic heterocycles. The summed E-state index contributed by atoms with van der Waals surface area (Å²) in [6.45, 7) is 0. The third-order valence-corrected chi connectivity index (χ3v) is 9.49. The Bertz CT molecular complexity index is 2440. The van der Waals surface area contributed by atoms with Crippen molar-refractivity contribution in [2.45, 2.75) is 24.2 Å². The van der Waals surface area contributed by atoms with Crippen LogP contribution in [0.15, 0.2) is 81.6 Å². The summed E-state index contributed by atoms with van der Waals surface area (Å²) < 4.78 is 143. The van der Waals surface area contributed by atoms with Crippen molar-refractivity contribution in [2.75, 3.05) is 42.7 Å². The first-order chi connectivity index (χ1) is 25.8. The molecule has 14 heteroatoms. The second-order valence-electron chi connectivity index (χ2n) is 12.3. The van der Waals surface area contributed by atoms with Gasteiger partial charge in [0.15, 0.2) is 23.0 Å². The molecule has 6 aromatic rings. The largest absolute Gasteiger partial charge is 0.497 e. The van der Waals surface area contributed by atoms with Crippen LogP contribution in [0.1, 0.15) is 22.5 Å². The number of fused-ring (bicyclic) bond motifs is 2. The molecule has 2 heterocycles. The van der Waals surface area contributed by atoms with Crippen molar-refractivity contribution in [1.29, 1.82) is 0 Å². The number of alkyl halides is 6. The molecule has 0 aliphatic heterocycles. The summed E-state index contributed by atoms with van der Waals surface area (Å²) in [5.74, 6) is -16.0. The predicted molar refractivity (Wildman–Crippen MR) is 188 cm³/mol. The van der Waals surface area contributed by atoms with Gasteiger partial charge in [-0.2, -0.15) is 26.3 Å². The van der Waals surface area contributed by atoms with Gasteiger partial charge in [0, 0.05) is 57.2 Å². The first-order valence-corrected chi connectivity index (χ1v) is 16.3. The lowest BCUT2D eigenvalue weighted by atomic mass is 9.89. The van der Waals surface area contributed by atoms with Crippen LogP contribution in [0.5, 0.6) is 34.5 Å². The number of allylic oxidation sites excluding steroid dienone is 2. The molecule has 0 saturated heterocycles. The molecule has 1 aliphatic carbocycles. The third-order valence-electron chi connectivity index (χ3n) is 9.49. The molecular weight excluding hydrogens is 722 g/mol. The maximum atomic E-state index is 16.7. The number of hydrogen-bond donors (Lipinski definition) is 0. The van der Waals surface area contributed by atoms with Gasteiger partial charge in [0.1, 0.15) is 34.2 Å². The molecule has 54 heavy (non-hydrogen) atoms. The Labute approximate surface area is 304 Å². The lowest BCUT2D eigenvalue weighted by Crippen LogP contribution is -2.49. The van der Waals surface area contributed by atoms with Crippen molar-refractivity contribution in [3.8, 4) is 45.8 Å². The van der Waals surface area contributed by atoms with E-state index in [9.17, 15) is 0 Å². The van der Waals surface area contributed by atoms with Crippen LogP contribution in [-0.2, 0) is 6.42 Å². The summed E-state index contributed by atoms with van der Waals surface area (Å²) in [5, 5.41) is -0.286. The zero-order valence-electron chi connectivity index (χ0n) is 29.7. The molecule has 0 amide bonds. The van der Waals surface area contributed by atoms with Gasteiger partial charge in [-0.05, 0) is 60.2 Å². The summed E-state index contributed by atoms with van der Waals surface area (Å²) in [4.78, 5) is 0. The molecule has 282 valence electrons. The van der Waals surface area contributed by atoms with Gasteiger partial charge < -0.3 is 37.3 Å². The Morgan fingerprint density at radius 3 is 1.56 bits per heavy atom. The molecule has 0 spiro atoms. The van der Waals surface area contributed by atoms with Crippen molar-refractivity contribution >= 4 is 33.1 Å². The Balaban J connectivity index is 1.62. The highest BCUT2D eigenvalue weighted by molar-refractivity contribution is 6.13. The van der Waals surface area contributed by atoms with Crippen LogP contribution in [0.3, 0.4) is 0 Å². The topological polar surface area (TPSA) is 81.7 Å². The number of halogens is 6. The van der Waals surface area contributed by atoms with Crippen LogP contribution >= 0.6 is 0 Å². The van der Waals surface area contributed by atoms with E-state index in [0.29, 0.717) is 11.3 Å². The molecule has 0 bridgehead atoms. The maximum Gasteiger partial charge on any atom is 0.380 e. The Hall–Kier alpha value is -5.92. The number of ether oxygens (including phenoxy) is 6. The fraction of sp³-hybridized carbons (Fsp3) is 0.250. The number of hydrogen-bond acceptors (Lipinski definition) is 8. The van der Waals surface area contributed by atoms with Crippen LogP contribution in [0.2, 0.25) is 0 Å². The highest BCUT2D eigenvalue weighted by atomic mass is 19.3. The van der Waals surface area contributed by atoms with Crippen molar-refractivity contribution in [2.24, 2.45) is 0 Å². The summed E-state index contributed by atoms with van der Waals surface area (Å²) in [7, 11) is 8.23. The summed E-state index contributed by atoms with van der Waals surface area (Å²) in [6.07, 6.45) is -0.303. The highest BCUT2D eigenvalue weighted by Crippen LogP contribution is 2.67. The van der Waals surface area contributed by atoms with Crippen LogP contribution in [0, 0.1) is 0 Å². The SMILES string of the molecule is COc1ccc2c(C3=C(c4c(-c5ccc(OC)c(OC)c5)oc5cc(OC)ccc45)C(F)(F)C(F)(F)C3(F)F)c(Cc3ccc(OC)c(OC)c3)oc2c1. The Morgan fingerprint density at radius 2 is 1.00 bits per heavy atom. The van der Waals surface area contributed by atoms with Crippen molar-refractivity contribution in [1.82, 2.24) is 0 Å². The van der Waals surface area contributed by atoms with E-state index in [1.165, 1.54) is 103 Å². The van der Waals surface area contributed by atoms with Crippen LogP contribution in [0.4, 0.5) is 26.3 Å². The van der Waals surface area contributed by atoms with Gasteiger partial charge in [0.2, 0.25) is 0 Å². The second-order valence-corrected chi connectivity index (χ2v) is 12.3. The van der Waals surface area contributed by atoms with E-state index < -0.39 is 45.8 Å². The maximum absolute atomic E-state index is 16.7. The van der Waals surface area contributed by atoms with E-state index in [1.54, 1.807) is 12.1 Å². The van der Waals surface area contributed by atoms with Gasteiger partial charge in [0.05, 0.1) is 42.7 Å². The molecule has 0 radical (unpaired) electrons. The molecule has 1 aliphatic rings. The predicted octanol–water partition coefficient (Wildman–Crippen LogP) is 10.3. The molecule has 0 fully saturated rings. The lowest BCUT2D eigenvalue weighted by Gasteiger charge is -2.26. The van der Waals surface area contributed by atoms with Gasteiger partial charge >= 0.3 is 17.8 Å². The zero-order valence-corrected chi connectivity index (χ0v) is 29.7. The van der Waals surface area contributed by atoms with E-state index in [1.807, 2.05) is 0 Å². The third kappa shape index (κ3) is 5.37. The van der Waals surface area contributed by atoms with Gasteiger partial charge in [-0.3, -0.25) is 0 Å². The Morgan fingerprint density at radius 1 is 0.500 bits per heavy atom. The zero-order chi connectivity index (χ0) is 38.7. The molecular formula is C40H32F6O8. The van der Waals surface area contributed by atoms with Gasteiger partial charge in [-0.25, -0.2) is 0 Å². The summed E-state index contributed by atoms with van der Waals surface area (Å²) in [5.41, 5.74) is -4.29. The summed E-state index contributed by atoms with van der Waals surface area (Å²) >= 11 is 0. The average molecular weight is 755 g/mol. The van der Waals surface area contributed by atoms with Gasteiger partial charge in [-0.15, -0.1) is 0 Å². The van der Waals surface area contributed by atoms with Crippen LogP contribution < -0.4 is 28.4 Å². The second kappa shape index (κ2) is 13.2. The Kier molecular flexibility index (Phi) is 8.90.